The summed E-state index contributed by atoms with van der Waals surface area (Å²) in [6.07, 6.45) is 2.19. The summed E-state index contributed by atoms with van der Waals surface area (Å²) >= 11 is 6.98. The van der Waals surface area contributed by atoms with Crippen molar-refractivity contribution in [2.75, 3.05) is 5.32 Å². The standard InChI is InChI=1S/C22H20Br2FN4O2/c1-12-5-17(19(25)20(12)30)28-22-16(8-26-11-27-22)21(31)14-7-18(24)29(10-14)9-13-3-2-4-15(23)6-13/h2-4,6-8,10-12,17,19-20,30H,1,5,9H2,(H,26,27,28)/t12-,17-,19-,20-/m1/s1. The van der Waals surface area contributed by atoms with E-state index in [-0.39, 0.29) is 17.2 Å². The lowest BCUT2D eigenvalue weighted by Gasteiger charge is -2.18. The molecule has 2 aromatic heterocycles. The third-order valence-electron chi connectivity index (χ3n) is 5.38. The van der Waals surface area contributed by atoms with Crippen molar-refractivity contribution in [2.45, 2.75) is 31.3 Å². The average Bonchev–Trinajstić information content (AvgIpc) is 3.22. The SMILES string of the molecule is [CH2][C@@H]1C[C@@H](Nc2ncncc2C(=O)c2cc(Br)n(Cc3cccc(Br)c3)c2)[C@@H](F)[C@@H]1O. The summed E-state index contributed by atoms with van der Waals surface area (Å²) in [6, 6.07) is 8.99. The van der Waals surface area contributed by atoms with Crippen LogP contribution in [0, 0.1) is 12.8 Å². The van der Waals surface area contributed by atoms with E-state index < -0.39 is 24.2 Å². The largest absolute Gasteiger partial charge is 0.390 e. The van der Waals surface area contributed by atoms with Gasteiger partial charge in [0.15, 0.2) is 5.78 Å². The molecule has 31 heavy (non-hydrogen) atoms. The molecule has 0 aliphatic heterocycles. The fraction of sp³-hybridized carbons (Fsp3) is 0.273. The molecule has 2 N–H and O–H groups in total. The van der Waals surface area contributed by atoms with Crippen LogP contribution in [-0.2, 0) is 6.54 Å². The van der Waals surface area contributed by atoms with E-state index in [0.717, 1.165) is 14.6 Å². The number of nitrogens with one attached hydrogen (secondary N) is 1. The molecule has 1 aromatic carbocycles. The van der Waals surface area contributed by atoms with Crippen molar-refractivity contribution in [3.8, 4) is 0 Å². The minimum absolute atomic E-state index is 0.240. The number of benzene rings is 1. The summed E-state index contributed by atoms with van der Waals surface area (Å²) in [5, 5.41) is 12.8. The third kappa shape index (κ3) is 4.73. The Morgan fingerprint density at radius 2 is 2.16 bits per heavy atom. The molecule has 4 atom stereocenters. The Morgan fingerprint density at radius 3 is 2.87 bits per heavy atom. The zero-order valence-electron chi connectivity index (χ0n) is 16.4. The van der Waals surface area contributed by atoms with Gasteiger partial charge in [0.05, 0.1) is 22.3 Å². The van der Waals surface area contributed by atoms with Gasteiger partial charge in [0.25, 0.3) is 0 Å². The maximum Gasteiger partial charge on any atom is 0.199 e. The molecule has 9 heteroatoms. The number of ketones is 1. The van der Waals surface area contributed by atoms with Gasteiger partial charge in [0.1, 0.15) is 18.3 Å². The van der Waals surface area contributed by atoms with Gasteiger partial charge in [-0.2, -0.15) is 0 Å². The van der Waals surface area contributed by atoms with Gasteiger partial charge in [-0.1, -0.05) is 28.1 Å². The number of aliphatic hydroxyl groups is 1. The quantitative estimate of drug-likeness (QED) is 0.444. The molecule has 161 valence electrons. The molecule has 0 amide bonds. The number of carbonyl (C=O) groups excluding carboxylic acids is 1. The Labute approximate surface area is 196 Å². The second-order valence-corrected chi connectivity index (χ2v) is 9.33. The predicted octanol–water partition coefficient (Wildman–Crippen LogP) is 4.42. The molecule has 0 saturated heterocycles. The Balaban J connectivity index is 1.57. The van der Waals surface area contributed by atoms with E-state index in [0.29, 0.717) is 18.5 Å². The first-order valence-corrected chi connectivity index (χ1v) is 11.3. The summed E-state index contributed by atoms with van der Waals surface area (Å²) in [5.41, 5.74) is 1.77. The molecule has 0 spiro atoms. The lowest BCUT2D eigenvalue weighted by Crippen LogP contribution is -2.32. The first kappa shape index (κ1) is 22.1. The van der Waals surface area contributed by atoms with Gasteiger partial charge in [-0.05, 0) is 59.0 Å². The van der Waals surface area contributed by atoms with Gasteiger partial charge in [-0.25, -0.2) is 14.4 Å². The molecule has 1 fully saturated rings. The number of alkyl halides is 1. The smallest absolute Gasteiger partial charge is 0.199 e. The van der Waals surface area contributed by atoms with Crippen molar-refractivity contribution < 1.29 is 14.3 Å². The number of hydrogen-bond donors (Lipinski definition) is 2. The number of halogens is 3. The Hall–Kier alpha value is -2.10. The van der Waals surface area contributed by atoms with Crippen molar-refractivity contribution in [1.29, 1.82) is 0 Å². The van der Waals surface area contributed by atoms with Crippen LogP contribution in [0.1, 0.15) is 27.9 Å². The highest BCUT2D eigenvalue weighted by molar-refractivity contribution is 9.10. The van der Waals surface area contributed by atoms with E-state index in [1.165, 1.54) is 12.5 Å². The molecule has 2 heterocycles. The molecule has 1 aliphatic rings. The first-order chi connectivity index (χ1) is 14.8. The molecular weight excluding hydrogens is 531 g/mol. The average molecular weight is 551 g/mol. The lowest BCUT2D eigenvalue weighted by molar-refractivity contribution is 0.0793. The molecule has 0 bridgehead atoms. The number of carbonyl (C=O) groups is 1. The molecule has 0 unspecified atom stereocenters. The molecule has 4 rings (SSSR count). The lowest BCUT2D eigenvalue weighted by atomic mass is 10.1. The second-order valence-electron chi connectivity index (χ2n) is 7.61. The number of aromatic nitrogens is 3. The first-order valence-electron chi connectivity index (χ1n) is 9.70. The van der Waals surface area contributed by atoms with Crippen molar-refractivity contribution in [1.82, 2.24) is 14.5 Å². The van der Waals surface area contributed by atoms with Gasteiger partial charge < -0.3 is 15.0 Å². The summed E-state index contributed by atoms with van der Waals surface area (Å²) < 4.78 is 18.0. The molecule has 3 aromatic rings. The molecule has 1 saturated carbocycles. The van der Waals surface area contributed by atoms with E-state index in [1.807, 2.05) is 28.8 Å². The van der Waals surface area contributed by atoms with Crippen molar-refractivity contribution in [3.05, 3.63) is 81.7 Å². The highest BCUT2D eigenvalue weighted by Gasteiger charge is 2.41. The van der Waals surface area contributed by atoms with E-state index in [2.05, 4.69) is 54.1 Å². The van der Waals surface area contributed by atoms with E-state index >= 15 is 0 Å². The summed E-state index contributed by atoms with van der Waals surface area (Å²) in [6.45, 7) is 4.36. The van der Waals surface area contributed by atoms with Gasteiger partial charge in [0, 0.05) is 29.0 Å². The van der Waals surface area contributed by atoms with Crippen LogP contribution in [0.4, 0.5) is 10.2 Å². The summed E-state index contributed by atoms with van der Waals surface area (Å²) in [4.78, 5) is 21.3. The van der Waals surface area contributed by atoms with Crippen molar-refractivity contribution in [3.63, 3.8) is 0 Å². The van der Waals surface area contributed by atoms with Crippen LogP contribution in [0.3, 0.4) is 0 Å². The predicted molar refractivity (Wildman–Crippen MR) is 123 cm³/mol. The number of hydrogen-bond acceptors (Lipinski definition) is 5. The number of aliphatic hydroxyl groups excluding tert-OH is 1. The van der Waals surface area contributed by atoms with Crippen molar-refractivity contribution in [2.24, 2.45) is 5.92 Å². The Bertz CT molecular complexity index is 1110. The second kappa shape index (κ2) is 9.18. The van der Waals surface area contributed by atoms with Crippen LogP contribution in [0.25, 0.3) is 0 Å². The number of nitrogens with zero attached hydrogens (tertiary/aromatic N) is 3. The zero-order chi connectivity index (χ0) is 22.1. The highest BCUT2D eigenvalue weighted by atomic mass is 79.9. The number of rotatable bonds is 6. The fourth-order valence-electron chi connectivity index (χ4n) is 3.73. The monoisotopic (exact) mass is 549 g/mol. The van der Waals surface area contributed by atoms with Gasteiger partial charge in [-0.3, -0.25) is 4.79 Å². The van der Waals surface area contributed by atoms with Gasteiger partial charge >= 0.3 is 0 Å². The van der Waals surface area contributed by atoms with Crippen molar-refractivity contribution >= 4 is 43.5 Å². The highest BCUT2D eigenvalue weighted by Crippen LogP contribution is 2.31. The van der Waals surface area contributed by atoms with Crippen LogP contribution >= 0.6 is 31.9 Å². The van der Waals surface area contributed by atoms with Gasteiger partial charge in [-0.15, -0.1) is 0 Å². The molecular formula is C22H20Br2FN4O2. The number of anilines is 1. The third-order valence-corrected chi connectivity index (χ3v) is 6.56. The summed E-state index contributed by atoms with van der Waals surface area (Å²) in [7, 11) is 0. The summed E-state index contributed by atoms with van der Waals surface area (Å²) in [5.74, 6) is -0.460. The Kier molecular flexibility index (Phi) is 6.55. The van der Waals surface area contributed by atoms with Crippen LogP contribution < -0.4 is 5.32 Å². The van der Waals surface area contributed by atoms with Crippen LogP contribution in [0.15, 0.2) is 58.1 Å². The Morgan fingerprint density at radius 1 is 1.35 bits per heavy atom. The minimum Gasteiger partial charge on any atom is -0.390 e. The zero-order valence-corrected chi connectivity index (χ0v) is 19.6. The normalized spacial score (nSPS) is 23.1. The maximum atomic E-state index is 14.4. The fourth-order valence-corrected chi connectivity index (χ4v) is 4.65. The van der Waals surface area contributed by atoms with Crippen LogP contribution in [0.2, 0.25) is 0 Å². The molecule has 1 aliphatic carbocycles. The molecule has 1 radical (unpaired) electrons. The topological polar surface area (TPSA) is 80.0 Å². The van der Waals surface area contributed by atoms with Crippen LogP contribution in [0.5, 0.6) is 0 Å². The molecule has 6 nitrogen and oxygen atoms in total. The van der Waals surface area contributed by atoms with E-state index in [4.69, 9.17) is 0 Å². The maximum absolute atomic E-state index is 14.4. The van der Waals surface area contributed by atoms with E-state index in [1.54, 1.807) is 12.3 Å². The van der Waals surface area contributed by atoms with Gasteiger partial charge in [0.2, 0.25) is 0 Å². The van der Waals surface area contributed by atoms with E-state index in [9.17, 15) is 14.3 Å². The minimum atomic E-state index is -1.49. The van der Waals surface area contributed by atoms with Crippen LogP contribution in [-0.4, -0.2) is 43.7 Å².